The van der Waals surface area contributed by atoms with Crippen molar-refractivity contribution in [3.05, 3.63) is 130 Å². The third kappa shape index (κ3) is 1.63. The monoisotopic (exact) mass is 354 g/mol. The van der Waals surface area contributed by atoms with Gasteiger partial charge in [-0.05, 0) is 54.9 Å². The highest BCUT2D eigenvalue weighted by molar-refractivity contribution is 6.09. The molecule has 0 fully saturated rings. The van der Waals surface area contributed by atoms with Gasteiger partial charge in [-0.3, -0.25) is 0 Å². The van der Waals surface area contributed by atoms with Crippen LogP contribution in [0.1, 0.15) is 45.2 Å². The molecule has 0 N–H and O–H groups in total. The van der Waals surface area contributed by atoms with Gasteiger partial charge in [0.1, 0.15) is 0 Å². The summed E-state index contributed by atoms with van der Waals surface area (Å²) in [5.41, 5.74) is 8.83. The van der Waals surface area contributed by atoms with Gasteiger partial charge in [0.2, 0.25) is 0 Å². The summed E-state index contributed by atoms with van der Waals surface area (Å²) in [6, 6.07) is 36.3. The van der Waals surface area contributed by atoms with E-state index in [2.05, 4.69) is 97.1 Å². The van der Waals surface area contributed by atoms with Crippen molar-refractivity contribution in [1.29, 1.82) is 0 Å². The lowest BCUT2D eigenvalue weighted by molar-refractivity contribution is 0.827. The van der Waals surface area contributed by atoms with Gasteiger partial charge in [0.15, 0.2) is 0 Å². The van der Waals surface area contributed by atoms with Gasteiger partial charge in [-0.15, -0.1) is 0 Å². The fourth-order valence-corrected chi connectivity index (χ4v) is 5.85. The van der Waals surface area contributed by atoms with Crippen LogP contribution < -0.4 is 0 Å². The van der Waals surface area contributed by atoms with Crippen LogP contribution in [0.15, 0.2) is 97.1 Å². The molecule has 0 heteroatoms. The Morgan fingerprint density at radius 1 is 0.321 bits per heavy atom. The molecule has 0 radical (unpaired) electrons. The van der Waals surface area contributed by atoms with Crippen molar-refractivity contribution in [2.24, 2.45) is 0 Å². The first-order valence-electron chi connectivity index (χ1n) is 10.0. The summed E-state index contributed by atoms with van der Waals surface area (Å²) in [6.45, 7) is 0. The number of hydrogen-bond donors (Lipinski definition) is 0. The average molecular weight is 354 g/mol. The second-order valence-corrected chi connectivity index (χ2v) is 8.04. The first-order chi connectivity index (χ1) is 13.9. The lowest BCUT2D eigenvalue weighted by atomic mass is 9.62. The fraction of sp³-hybridized carbons (Fsp3) is 0.0714. The molecule has 0 spiro atoms. The summed E-state index contributed by atoms with van der Waals surface area (Å²) in [5.74, 6) is 0.570. The lowest BCUT2D eigenvalue weighted by Gasteiger charge is -2.40. The highest BCUT2D eigenvalue weighted by Crippen LogP contribution is 2.56. The Labute approximate surface area is 164 Å². The highest BCUT2D eigenvalue weighted by atomic mass is 14.4. The first-order valence-corrected chi connectivity index (χ1v) is 10.0. The van der Waals surface area contributed by atoms with Crippen molar-refractivity contribution in [1.82, 2.24) is 0 Å². The number of hydrogen-bond acceptors (Lipinski definition) is 0. The molecule has 0 heterocycles. The Kier molecular flexibility index (Phi) is 2.67. The fourth-order valence-electron chi connectivity index (χ4n) is 5.85. The molecule has 5 aromatic rings. The normalized spacial score (nSPS) is 18.7. The Morgan fingerprint density at radius 3 is 0.857 bits per heavy atom. The second-order valence-electron chi connectivity index (χ2n) is 8.04. The van der Waals surface area contributed by atoms with Gasteiger partial charge in [-0.25, -0.2) is 0 Å². The minimum atomic E-state index is 0.285. The summed E-state index contributed by atoms with van der Waals surface area (Å²) in [7, 11) is 0. The van der Waals surface area contributed by atoms with E-state index >= 15 is 0 Å². The molecular weight excluding hydrogens is 336 g/mol. The molecule has 28 heavy (non-hydrogen) atoms. The first kappa shape index (κ1) is 14.6. The number of rotatable bonds is 0. The predicted molar refractivity (Wildman–Crippen MR) is 116 cm³/mol. The predicted octanol–water partition coefficient (Wildman–Crippen LogP) is 6.98. The van der Waals surface area contributed by atoms with E-state index in [0.29, 0.717) is 0 Å². The molecule has 0 amide bonds. The molecule has 0 aromatic heterocycles. The van der Waals surface area contributed by atoms with Crippen molar-refractivity contribution >= 4 is 21.5 Å². The minimum Gasteiger partial charge on any atom is -0.0619 e. The van der Waals surface area contributed by atoms with E-state index in [1.165, 1.54) is 54.9 Å². The zero-order valence-corrected chi connectivity index (χ0v) is 15.4. The SMILES string of the molecule is c1ccc2c(c1)C1c3ccccc3C2c2c3ccccc3c1c1ccccc21. The molecule has 4 bridgehead atoms. The third-order valence-electron chi connectivity index (χ3n) is 6.83. The number of benzene rings is 5. The van der Waals surface area contributed by atoms with Crippen LogP contribution in [0.3, 0.4) is 0 Å². The summed E-state index contributed by atoms with van der Waals surface area (Å²) in [5, 5.41) is 5.65. The second kappa shape index (κ2) is 5.11. The van der Waals surface area contributed by atoms with Crippen LogP contribution in [0.2, 0.25) is 0 Å². The molecular formula is C28H18. The third-order valence-corrected chi connectivity index (χ3v) is 6.83. The van der Waals surface area contributed by atoms with Gasteiger partial charge in [0, 0.05) is 11.8 Å². The van der Waals surface area contributed by atoms with Crippen LogP contribution >= 0.6 is 0 Å². The topological polar surface area (TPSA) is 0 Å². The molecule has 0 aliphatic heterocycles. The van der Waals surface area contributed by atoms with Gasteiger partial charge >= 0.3 is 0 Å². The molecule has 0 saturated heterocycles. The van der Waals surface area contributed by atoms with Crippen LogP contribution in [-0.2, 0) is 0 Å². The molecule has 0 unspecified atom stereocenters. The Hall–Kier alpha value is -3.38. The van der Waals surface area contributed by atoms with Crippen molar-refractivity contribution in [3.63, 3.8) is 0 Å². The molecule has 0 nitrogen and oxygen atoms in total. The molecule has 0 atom stereocenters. The van der Waals surface area contributed by atoms with E-state index in [1.807, 2.05) is 0 Å². The smallest absolute Gasteiger partial charge is 0.0358 e. The van der Waals surface area contributed by atoms with Gasteiger partial charge < -0.3 is 0 Å². The molecule has 5 aliphatic rings. The van der Waals surface area contributed by atoms with Crippen LogP contribution in [-0.4, -0.2) is 0 Å². The standard InChI is InChI=1S/C28H18/c1-2-10-18-17(9-1)25-19-11-3-4-12-20(19)26(18)28-23-15-7-5-13-21(23)27(25)22-14-6-8-16-24(22)28/h1-16,25-26H. The molecule has 130 valence electrons. The zero-order valence-electron chi connectivity index (χ0n) is 15.4. The van der Waals surface area contributed by atoms with E-state index in [4.69, 9.17) is 0 Å². The van der Waals surface area contributed by atoms with Gasteiger partial charge in [-0.2, -0.15) is 0 Å². The Morgan fingerprint density at radius 2 is 0.571 bits per heavy atom. The van der Waals surface area contributed by atoms with Crippen LogP contribution in [0, 0.1) is 0 Å². The van der Waals surface area contributed by atoms with Crippen molar-refractivity contribution in [3.8, 4) is 0 Å². The van der Waals surface area contributed by atoms with Gasteiger partial charge in [0.25, 0.3) is 0 Å². The molecule has 5 aliphatic carbocycles. The van der Waals surface area contributed by atoms with Crippen molar-refractivity contribution in [2.75, 3.05) is 0 Å². The van der Waals surface area contributed by atoms with Crippen LogP contribution in [0.5, 0.6) is 0 Å². The van der Waals surface area contributed by atoms with Crippen LogP contribution in [0.4, 0.5) is 0 Å². The quantitative estimate of drug-likeness (QED) is 0.258. The van der Waals surface area contributed by atoms with E-state index in [-0.39, 0.29) is 11.8 Å². The summed E-state index contributed by atoms with van der Waals surface area (Å²) in [6.07, 6.45) is 0. The van der Waals surface area contributed by atoms with Crippen molar-refractivity contribution in [2.45, 2.75) is 11.8 Å². The zero-order chi connectivity index (χ0) is 18.2. The maximum atomic E-state index is 2.35. The molecule has 5 aromatic carbocycles. The summed E-state index contributed by atoms with van der Waals surface area (Å²) < 4.78 is 0. The van der Waals surface area contributed by atoms with Crippen molar-refractivity contribution < 1.29 is 0 Å². The highest BCUT2D eigenvalue weighted by Gasteiger charge is 2.39. The average Bonchev–Trinajstić information content (AvgIpc) is 2.74. The van der Waals surface area contributed by atoms with Gasteiger partial charge in [0.05, 0.1) is 0 Å². The summed E-state index contributed by atoms with van der Waals surface area (Å²) >= 11 is 0. The molecule has 0 saturated carbocycles. The van der Waals surface area contributed by atoms with E-state index in [9.17, 15) is 0 Å². The largest absolute Gasteiger partial charge is 0.0619 e. The van der Waals surface area contributed by atoms with E-state index < -0.39 is 0 Å². The maximum absolute atomic E-state index is 2.35. The Bertz CT molecular complexity index is 1210. The molecule has 10 rings (SSSR count). The van der Waals surface area contributed by atoms with E-state index in [1.54, 1.807) is 0 Å². The lowest BCUT2D eigenvalue weighted by Crippen LogP contribution is -2.23. The summed E-state index contributed by atoms with van der Waals surface area (Å²) in [4.78, 5) is 0. The minimum absolute atomic E-state index is 0.285. The van der Waals surface area contributed by atoms with Gasteiger partial charge in [-0.1, -0.05) is 97.1 Å². The van der Waals surface area contributed by atoms with Crippen LogP contribution in [0.25, 0.3) is 21.5 Å². The van der Waals surface area contributed by atoms with E-state index in [0.717, 1.165) is 0 Å². The Balaban J connectivity index is 1.83. The maximum Gasteiger partial charge on any atom is 0.0358 e.